The average molecular weight is 664 g/mol. The Bertz CT molecular complexity index is 1730. The van der Waals surface area contributed by atoms with Crippen molar-refractivity contribution in [2.75, 3.05) is 17.4 Å². The monoisotopic (exact) mass is 663 g/mol. The second kappa shape index (κ2) is 15.9. The minimum Gasteiger partial charge on any atom is -0.354 e. The largest absolute Gasteiger partial charge is 0.354 e. The number of aryl methyl sites for hydroxylation is 2. The third-order valence-corrected chi connectivity index (χ3v) is 9.87. The fourth-order valence-electron chi connectivity index (χ4n) is 4.99. The van der Waals surface area contributed by atoms with Gasteiger partial charge >= 0.3 is 0 Å². The van der Waals surface area contributed by atoms with Crippen LogP contribution < -0.4 is 9.62 Å². The van der Waals surface area contributed by atoms with Gasteiger partial charge in [-0.1, -0.05) is 73.5 Å². The summed E-state index contributed by atoms with van der Waals surface area (Å²) in [5.41, 5.74) is 3.53. The first-order chi connectivity index (χ1) is 22.0. The second-order valence-corrected chi connectivity index (χ2v) is 13.5. The topological polar surface area (TPSA) is 86.8 Å². The lowest BCUT2D eigenvalue weighted by Gasteiger charge is -2.34. The fraction of sp³-hybridized carbons (Fsp3) is 0.278. The van der Waals surface area contributed by atoms with Crippen LogP contribution in [0.1, 0.15) is 42.0 Å². The lowest BCUT2D eigenvalue weighted by molar-refractivity contribution is -0.140. The molecule has 0 aromatic heterocycles. The zero-order chi connectivity index (χ0) is 33.3. The van der Waals surface area contributed by atoms with Crippen LogP contribution in [0, 0.1) is 19.7 Å². The van der Waals surface area contributed by atoms with Gasteiger partial charge in [-0.2, -0.15) is 0 Å². The Hall–Kier alpha value is -4.21. The van der Waals surface area contributed by atoms with Gasteiger partial charge in [0.15, 0.2) is 0 Å². The van der Waals surface area contributed by atoms with Crippen LogP contribution in [0.2, 0.25) is 5.02 Å². The Labute approximate surface area is 276 Å². The molecule has 10 heteroatoms. The highest BCUT2D eigenvalue weighted by molar-refractivity contribution is 7.92. The van der Waals surface area contributed by atoms with Gasteiger partial charge in [0.1, 0.15) is 18.4 Å². The van der Waals surface area contributed by atoms with Crippen molar-refractivity contribution in [2.24, 2.45) is 0 Å². The number of sulfonamides is 1. The molecule has 0 spiro atoms. The summed E-state index contributed by atoms with van der Waals surface area (Å²) in [6, 6.07) is 25.0. The lowest BCUT2D eigenvalue weighted by atomic mass is 10.0. The van der Waals surface area contributed by atoms with Crippen molar-refractivity contribution in [1.29, 1.82) is 0 Å². The van der Waals surface area contributed by atoms with Crippen LogP contribution in [0.25, 0.3) is 0 Å². The number of rotatable bonds is 14. The molecule has 0 aliphatic heterocycles. The van der Waals surface area contributed by atoms with Gasteiger partial charge in [0.25, 0.3) is 10.0 Å². The highest BCUT2D eigenvalue weighted by atomic mass is 35.5. The van der Waals surface area contributed by atoms with E-state index in [1.807, 2.05) is 51.1 Å². The molecule has 0 fully saturated rings. The van der Waals surface area contributed by atoms with Gasteiger partial charge in [-0.15, -0.1) is 0 Å². The molecule has 242 valence electrons. The van der Waals surface area contributed by atoms with Crippen molar-refractivity contribution < 1.29 is 22.4 Å². The summed E-state index contributed by atoms with van der Waals surface area (Å²) in [4.78, 5) is 29.6. The molecular formula is C36H39ClFN3O4S. The Morgan fingerprint density at radius 3 is 2.17 bits per heavy atom. The third-order valence-electron chi connectivity index (χ3n) is 7.83. The number of nitrogens with zero attached hydrogens (tertiary/aromatic N) is 2. The number of carbonyl (C=O) groups is 2. The molecule has 46 heavy (non-hydrogen) atoms. The van der Waals surface area contributed by atoms with Crippen molar-refractivity contribution in [3.63, 3.8) is 0 Å². The SMILES string of the molecule is CCCCNC(=O)[C@@H](Cc1ccccc1)N(Cc1ccc(F)cc1)C(=O)CN(c1ccc(C)c(C)c1)S(=O)(=O)c1ccc(Cl)cc1. The molecule has 0 bridgehead atoms. The van der Waals surface area contributed by atoms with Crippen LogP contribution in [-0.4, -0.2) is 44.3 Å². The van der Waals surface area contributed by atoms with Crippen LogP contribution in [0.15, 0.2) is 102 Å². The number of unbranched alkanes of at least 4 members (excludes halogenated alkanes) is 1. The normalized spacial score (nSPS) is 11.9. The van der Waals surface area contributed by atoms with Gasteiger partial charge < -0.3 is 10.2 Å². The predicted octanol–water partition coefficient (Wildman–Crippen LogP) is 6.85. The van der Waals surface area contributed by atoms with E-state index in [9.17, 15) is 22.4 Å². The molecule has 4 aromatic rings. The summed E-state index contributed by atoms with van der Waals surface area (Å²) < 4.78 is 43.2. The number of amides is 2. The van der Waals surface area contributed by atoms with Crippen molar-refractivity contribution >= 4 is 39.1 Å². The molecule has 0 aliphatic rings. The van der Waals surface area contributed by atoms with E-state index in [0.717, 1.165) is 33.8 Å². The van der Waals surface area contributed by atoms with Crippen LogP contribution >= 0.6 is 11.6 Å². The maximum Gasteiger partial charge on any atom is 0.264 e. The van der Waals surface area contributed by atoms with E-state index in [2.05, 4.69) is 5.32 Å². The zero-order valence-electron chi connectivity index (χ0n) is 26.2. The number of benzene rings is 4. The Balaban J connectivity index is 1.80. The van der Waals surface area contributed by atoms with Gasteiger partial charge in [-0.3, -0.25) is 13.9 Å². The van der Waals surface area contributed by atoms with Crippen molar-refractivity contribution in [2.45, 2.75) is 57.5 Å². The molecule has 2 amide bonds. The molecule has 1 N–H and O–H groups in total. The summed E-state index contributed by atoms with van der Waals surface area (Å²) in [5, 5.41) is 3.33. The third kappa shape index (κ3) is 8.95. The molecule has 1 atom stereocenters. The summed E-state index contributed by atoms with van der Waals surface area (Å²) in [5.74, 6) is -1.38. The quantitative estimate of drug-likeness (QED) is 0.150. The summed E-state index contributed by atoms with van der Waals surface area (Å²) in [7, 11) is -4.25. The highest BCUT2D eigenvalue weighted by Crippen LogP contribution is 2.27. The van der Waals surface area contributed by atoms with Crippen molar-refractivity contribution in [1.82, 2.24) is 10.2 Å². The van der Waals surface area contributed by atoms with E-state index in [1.54, 1.807) is 30.3 Å². The van der Waals surface area contributed by atoms with E-state index < -0.39 is 34.3 Å². The van der Waals surface area contributed by atoms with Crippen molar-refractivity contribution in [3.05, 3.63) is 130 Å². The Morgan fingerprint density at radius 1 is 0.870 bits per heavy atom. The van der Waals surface area contributed by atoms with Crippen LogP contribution in [0.3, 0.4) is 0 Å². The van der Waals surface area contributed by atoms with E-state index in [0.29, 0.717) is 22.8 Å². The van der Waals surface area contributed by atoms with Gasteiger partial charge in [-0.05, 0) is 91.1 Å². The standard InChI is InChI=1S/C36H39ClFN3O4S/c1-4-5-21-39-36(43)34(23-28-9-7-6-8-10-28)40(24-29-12-16-31(38)17-13-29)35(42)25-41(32-18-11-26(2)27(3)22-32)46(44,45)33-19-14-30(37)15-20-33/h6-20,22,34H,4-5,21,23-25H2,1-3H3,(H,39,43)/t34-/m1/s1. The number of hydrogen-bond donors (Lipinski definition) is 1. The molecular weight excluding hydrogens is 625 g/mol. The van der Waals surface area contributed by atoms with E-state index >= 15 is 0 Å². The maximum atomic E-state index is 14.5. The summed E-state index contributed by atoms with van der Waals surface area (Å²) >= 11 is 6.06. The zero-order valence-corrected chi connectivity index (χ0v) is 27.8. The first kappa shape index (κ1) is 34.7. The van der Waals surface area contributed by atoms with Crippen LogP contribution in [0.5, 0.6) is 0 Å². The smallest absolute Gasteiger partial charge is 0.264 e. The van der Waals surface area contributed by atoms with Gasteiger partial charge in [0.2, 0.25) is 11.8 Å². The Morgan fingerprint density at radius 2 is 1.54 bits per heavy atom. The molecule has 0 heterocycles. The van der Waals surface area contributed by atoms with Gasteiger partial charge in [0, 0.05) is 24.5 Å². The first-order valence-electron chi connectivity index (χ1n) is 15.2. The second-order valence-electron chi connectivity index (χ2n) is 11.2. The molecule has 0 aliphatic carbocycles. The fourth-order valence-corrected chi connectivity index (χ4v) is 6.52. The molecule has 0 radical (unpaired) electrons. The van der Waals surface area contributed by atoms with Crippen LogP contribution in [-0.2, 0) is 32.6 Å². The number of halogens is 2. The number of nitrogens with one attached hydrogen (secondary N) is 1. The van der Waals surface area contributed by atoms with Gasteiger partial charge in [-0.25, -0.2) is 12.8 Å². The minimum atomic E-state index is -4.25. The summed E-state index contributed by atoms with van der Waals surface area (Å²) in [6.45, 7) is 5.60. The molecule has 7 nitrogen and oxygen atoms in total. The van der Waals surface area contributed by atoms with Crippen LogP contribution in [0.4, 0.5) is 10.1 Å². The molecule has 0 saturated carbocycles. The molecule has 0 unspecified atom stereocenters. The molecule has 0 saturated heterocycles. The highest BCUT2D eigenvalue weighted by Gasteiger charge is 2.34. The van der Waals surface area contributed by atoms with Gasteiger partial charge in [0.05, 0.1) is 10.6 Å². The predicted molar refractivity (Wildman–Crippen MR) is 181 cm³/mol. The number of carbonyl (C=O) groups excluding carboxylic acids is 2. The maximum absolute atomic E-state index is 14.5. The Kier molecular flexibility index (Phi) is 12.0. The molecule has 4 aromatic carbocycles. The minimum absolute atomic E-state index is 0.0360. The van der Waals surface area contributed by atoms with E-state index in [4.69, 9.17) is 11.6 Å². The average Bonchev–Trinajstić information content (AvgIpc) is 3.04. The lowest BCUT2D eigenvalue weighted by Crippen LogP contribution is -2.53. The van der Waals surface area contributed by atoms with Crippen molar-refractivity contribution in [3.8, 4) is 0 Å². The molecule has 4 rings (SSSR count). The van der Waals surface area contributed by atoms with E-state index in [1.165, 1.54) is 41.3 Å². The summed E-state index contributed by atoms with van der Waals surface area (Å²) in [6.07, 6.45) is 1.82. The van der Waals surface area contributed by atoms with E-state index in [-0.39, 0.29) is 23.8 Å². The number of hydrogen-bond acceptors (Lipinski definition) is 4. The number of anilines is 1. The first-order valence-corrected chi connectivity index (χ1v) is 17.0.